The molecule has 1 amide bonds. The van der Waals surface area contributed by atoms with Gasteiger partial charge in [-0.25, -0.2) is 0 Å². The molecule has 1 heterocycles. The van der Waals surface area contributed by atoms with Crippen molar-refractivity contribution in [3.63, 3.8) is 0 Å². The van der Waals surface area contributed by atoms with Crippen LogP contribution in [0.25, 0.3) is 0 Å². The van der Waals surface area contributed by atoms with E-state index in [1.54, 1.807) is 19.9 Å². The number of aromatic hydroxyl groups is 1. The van der Waals surface area contributed by atoms with Crippen LogP contribution in [0.1, 0.15) is 32.3 Å². The van der Waals surface area contributed by atoms with Crippen molar-refractivity contribution in [1.29, 1.82) is 0 Å². The van der Waals surface area contributed by atoms with E-state index in [-0.39, 0.29) is 17.2 Å². The first-order valence-electron chi connectivity index (χ1n) is 8.18. The molecule has 0 bridgehead atoms. The Labute approximate surface area is 145 Å². The van der Waals surface area contributed by atoms with Gasteiger partial charge in [0.05, 0.1) is 11.8 Å². The van der Waals surface area contributed by atoms with E-state index in [0.29, 0.717) is 36.1 Å². The van der Waals surface area contributed by atoms with E-state index in [4.69, 9.17) is 9.84 Å². The van der Waals surface area contributed by atoms with Crippen LogP contribution in [-0.2, 0) is 16.0 Å². The molecule has 0 saturated heterocycles. The summed E-state index contributed by atoms with van der Waals surface area (Å²) in [5.74, 6) is -0.434. The summed E-state index contributed by atoms with van der Waals surface area (Å²) < 4.78 is 5.88. The first-order chi connectivity index (χ1) is 11.8. The fourth-order valence-corrected chi connectivity index (χ4v) is 2.73. The molecule has 4 N–H and O–H groups in total. The minimum atomic E-state index is -0.837. The first kappa shape index (κ1) is 19.0. The molecule has 2 atom stereocenters. The molecule has 1 aromatic carbocycles. The van der Waals surface area contributed by atoms with E-state index in [2.05, 4.69) is 5.32 Å². The van der Waals surface area contributed by atoms with E-state index in [1.807, 2.05) is 0 Å². The van der Waals surface area contributed by atoms with E-state index in [0.717, 1.165) is 0 Å². The highest BCUT2D eigenvalue weighted by molar-refractivity contribution is 5.95. The molecule has 0 unspecified atom stereocenters. The van der Waals surface area contributed by atoms with Gasteiger partial charge in [0.25, 0.3) is 0 Å². The molecule has 2 rings (SSSR count). The number of benzene rings is 1. The molecule has 136 valence electrons. The fraction of sp³-hybridized carbons (Fsp3) is 0.444. The number of nitrogens with one attached hydrogen (secondary N) is 1. The Hall–Kier alpha value is -2.38. The molecule has 1 aromatic rings. The Morgan fingerprint density at radius 1 is 1.40 bits per heavy atom. The monoisotopic (exact) mass is 349 g/mol. The van der Waals surface area contributed by atoms with Crippen LogP contribution in [0, 0.1) is 0 Å². The number of carbonyl (C=O) groups excluding carboxylic acids is 2. The Balaban J connectivity index is 2.40. The molecule has 7 heteroatoms. The van der Waals surface area contributed by atoms with Gasteiger partial charge < -0.3 is 25.4 Å². The number of aryl methyl sites for hydroxylation is 1. The summed E-state index contributed by atoms with van der Waals surface area (Å²) in [6.07, 6.45) is 1.14. The number of phenols is 1. The van der Waals surface area contributed by atoms with Crippen molar-refractivity contribution in [2.45, 2.75) is 45.3 Å². The van der Waals surface area contributed by atoms with Crippen LogP contribution < -0.4 is 10.1 Å². The third kappa shape index (κ3) is 4.58. The van der Waals surface area contributed by atoms with Crippen LogP contribution in [0.2, 0.25) is 0 Å². The maximum absolute atomic E-state index is 11.8. The average Bonchev–Trinajstić information content (AvgIpc) is 2.74. The highest BCUT2D eigenvalue weighted by Crippen LogP contribution is 2.38. The van der Waals surface area contributed by atoms with Crippen LogP contribution in [-0.4, -0.2) is 45.8 Å². The van der Waals surface area contributed by atoms with Crippen molar-refractivity contribution in [3.8, 4) is 11.5 Å². The van der Waals surface area contributed by atoms with E-state index in [9.17, 15) is 19.8 Å². The summed E-state index contributed by atoms with van der Waals surface area (Å²) in [6, 6.07) is 2.82. The number of amides is 1. The van der Waals surface area contributed by atoms with Crippen LogP contribution in [0.4, 0.5) is 5.69 Å². The summed E-state index contributed by atoms with van der Waals surface area (Å²) in [5, 5.41) is 31.6. The minimum absolute atomic E-state index is 0.0419. The van der Waals surface area contributed by atoms with Crippen molar-refractivity contribution in [2.24, 2.45) is 0 Å². The topological polar surface area (TPSA) is 116 Å². The third-order valence-corrected chi connectivity index (χ3v) is 4.09. The minimum Gasteiger partial charge on any atom is -0.508 e. The number of Topliss-reactive ketones (excluding diaryl/α,β-unsaturated/α-hetero) is 1. The smallest absolute Gasteiger partial charge is 0.250 e. The normalized spacial score (nSPS) is 20.2. The standard InChI is InChI=1S/C18H23NO6/c1-3-14(22)10(2)6-16-15(23)5-4-11-7-12(21)8-13(18(11)25-16)19-17(24)9-20/h6-8,15-16,20-21,23H,3-5,9H2,1-2H3,(H,19,24)/b10-6+/t15-,16+/m0/s1. The largest absolute Gasteiger partial charge is 0.508 e. The number of anilines is 1. The maximum atomic E-state index is 11.8. The zero-order valence-electron chi connectivity index (χ0n) is 14.3. The SMILES string of the molecule is CCC(=O)/C(C)=C/[C@H]1Oc2c(cc(O)cc2NC(=O)CO)CC[C@@H]1O. The Morgan fingerprint density at radius 3 is 2.76 bits per heavy atom. The average molecular weight is 349 g/mol. The zero-order chi connectivity index (χ0) is 18.6. The van der Waals surface area contributed by atoms with Gasteiger partial charge >= 0.3 is 0 Å². The van der Waals surface area contributed by atoms with Gasteiger partial charge in [-0.1, -0.05) is 6.92 Å². The summed E-state index contributed by atoms with van der Waals surface area (Å²) >= 11 is 0. The number of hydrogen-bond donors (Lipinski definition) is 4. The highest BCUT2D eigenvalue weighted by Gasteiger charge is 2.27. The second kappa shape index (κ2) is 8.13. The number of ether oxygens (including phenoxy) is 1. The molecule has 0 saturated carbocycles. The van der Waals surface area contributed by atoms with Crippen molar-refractivity contribution in [2.75, 3.05) is 11.9 Å². The number of carbonyl (C=O) groups is 2. The van der Waals surface area contributed by atoms with Crippen molar-refractivity contribution in [1.82, 2.24) is 0 Å². The lowest BCUT2D eigenvalue weighted by Crippen LogP contribution is -2.30. The molecule has 1 aliphatic rings. The van der Waals surface area contributed by atoms with Gasteiger partial charge in [0.2, 0.25) is 5.91 Å². The molecule has 0 aliphatic carbocycles. The summed E-state index contributed by atoms with van der Waals surface area (Å²) in [5.41, 5.74) is 1.33. The molecule has 7 nitrogen and oxygen atoms in total. The lowest BCUT2D eigenvalue weighted by Gasteiger charge is -2.21. The van der Waals surface area contributed by atoms with E-state index in [1.165, 1.54) is 12.1 Å². The van der Waals surface area contributed by atoms with E-state index < -0.39 is 24.7 Å². The van der Waals surface area contributed by atoms with E-state index >= 15 is 0 Å². The van der Waals surface area contributed by atoms with Gasteiger partial charge in [0.15, 0.2) is 5.78 Å². The summed E-state index contributed by atoms with van der Waals surface area (Å²) in [7, 11) is 0. The lowest BCUT2D eigenvalue weighted by molar-refractivity contribution is -0.118. The predicted molar refractivity (Wildman–Crippen MR) is 91.6 cm³/mol. The molecule has 0 aromatic heterocycles. The maximum Gasteiger partial charge on any atom is 0.250 e. The molecule has 25 heavy (non-hydrogen) atoms. The number of allylic oxidation sites excluding steroid dienone is 1. The zero-order valence-corrected chi connectivity index (χ0v) is 14.3. The Kier molecular flexibility index (Phi) is 6.17. The number of aliphatic hydroxyl groups is 2. The first-order valence-corrected chi connectivity index (χ1v) is 8.18. The van der Waals surface area contributed by atoms with Gasteiger partial charge in [0, 0.05) is 18.1 Å². The number of fused-ring (bicyclic) bond motifs is 1. The molecular formula is C18H23NO6. The molecule has 1 aliphatic heterocycles. The summed E-state index contributed by atoms with van der Waals surface area (Å²) in [6.45, 7) is 2.71. The van der Waals surface area contributed by atoms with Gasteiger partial charge in [-0.3, -0.25) is 9.59 Å². The number of hydrogen-bond acceptors (Lipinski definition) is 6. The molecule has 0 radical (unpaired) electrons. The van der Waals surface area contributed by atoms with Crippen LogP contribution in [0.15, 0.2) is 23.8 Å². The lowest BCUT2D eigenvalue weighted by atomic mass is 10.0. The molecular weight excluding hydrogens is 326 g/mol. The number of aliphatic hydroxyl groups excluding tert-OH is 2. The van der Waals surface area contributed by atoms with Crippen LogP contribution >= 0.6 is 0 Å². The van der Waals surface area contributed by atoms with Crippen molar-refractivity contribution in [3.05, 3.63) is 29.3 Å². The third-order valence-electron chi connectivity index (χ3n) is 4.09. The van der Waals surface area contributed by atoms with Gasteiger partial charge in [-0.15, -0.1) is 0 Å². The van der Waals surface area contributed by atoms with Gasteiger partial charge in [0.1, 0.15) is 24.2 Å². The number of rotatable bonds is 5. The fourth-order valence-electron chi connectivity index (χ4n) is 2.73. The quantitative estimate of drug-likeness (QED) is 0.596. The van der Waals surface area contributed by atoms with Crippen LogP contribution in [0.5, 0.6) is 11.5 Å². The second-order valence-electron chi connectivity index (χ2n) is 6.00. The molecule has 0 spiro atoms. The van der Waals surface area contributed by atoms with Crippen molar-refractivity contribution >= 4 is 17.4 Å². The summed E-state index contributed by atoms with van der Waals surface area (Å²) in [4.78, 5) is 23.3. The predicted octanol–water partition coefficient (Wildman–Crippen LogP) is 1.30. The van der Waals surface area contributed by atoms with Gasteiger partial charge in [-0.05, 0) is 37.5 Å². The van der Waals surface area contributed by atoms with Gasteiger partial charge in [-0.2, -0.15) is 0 Å². The Morgan fingerprint density at radius 2 is 2.12 bits per heavy atom. The number of phenolic OH excluding ortho intramolecular Hbond substituents is 1. The Bertz CT molecular complexity index is 697. The van der Waals surface area contributed by atoms with Crippen LogP contribution in [0.3, 0.4) is 0 Å². The highest BCUT2D eigenvalue weighted by atomic mass is 16.5. The van der Waals surface area contributed by atoms with Crippen molar-refractivity contribution < 1.29 is 29.6 Å². The number of ketones is 1. The molecule has 0 fully saturated rings. The second-order valence-corrected chi connectivity index (χ2v) is 6.00.